The number of esters is 1. The van der Waals surface area contributed by atoms with E-state index >= 15 is 0 Å². The van der Waals surface area contributed by atoms with E-state index in [2.05, 4.69) is 9.84 Å². The van der Waals surface area contributed by atoms with Gasteiger partial charge in [-0.1, -0.05) is 23.7 Å². The van der Waals surface area contributed by atoms with Gasteiger partial charge in [-0.15, -0.1) is 0 Å². The first-order chi connectivity index (χ1) is 13.9. The van der Waals surface area contributed by atoms with Gasteiger partial charge in [0.15, 0.2) is 0 Å². The van der Waals surface area contributed by atoms with Gasteiger partial charge in [-0.2, -0.15) is 5.10 Å². The van der Waals surface area contributed by atoms with Gasteiger partial charge in [0.2, 0.25) is 0 Å². The van der Waals surface area contributed by atoms with Crippen molar-refractivity contribution in [3.63, 3.8) is 0 Å². The zero-order chi connectivity index (χ0) is 21.0. The smallest absolute Gasteiger partial charge is 0.340 e. The molecule has 0 spiro atoms. The van der Waals surface area contributed by atoms with E-state index in [1.165, 1.54) is 19.2 Å². The van der Waals surface area contributed by atoms with Crippen LogP contribution in [0.15, 0.2) is 48.5 Å². The lowest BCUT2D eigenvalue weighted by atomic mass is 10.0. The Labute approximate surface area is 173 Å². The third-order valence-corrected chi connectivity index (χ3v) is 4.69. The molecular formula is C22H20ClFN2O3. The third-order valence-electron chi connectivity index (χ3n) is 4.46. The highest BCUT2D eigenvalue weighted by Gasteiger charge is 2.15. The normalized spacial score (nSPS) is 10.8. The topological polar surface area (TPSA) is 61.2 Å². The van der Waals surface area contributed by atoms with Gasteiger partial charge in [0.25, 0.3) is 0 Å². The quantitative estimate of drug-likeness (QED) is 0.534. The first-order valence-electron chi connectivity index (χ1n) is 9.07. The molecule has 0 fully saturated rings. The summed E-state index contributed by atoms with van der Waals surface area (Å²) in [5, 5.41) is 5.09. The molecule has 5 nitrogen and oxygen atoms in total. The number of hydrogen-bond acceptors (Lipinski definition) is 4. The zero-order valence-corrected chi connectivity index (χ0v) is 16.9. The summed E-state index contributed by atoms with van der Waals surface area (Å²) >= 11 is 6.07. The highest BCUT2D eigenvalue weighted by Crippen LogP contribution is 2.19. The molecule has 0 saturated carbocycles. The van der Waals surface area contributed by atoms with Crippen molar-refractivity contribution in [2.75, 3.05) is 7.11 Å². The van der Waals surface area contributed by atoms with Crippen LogP contribution >= 0.6 is 11.6 Å². The maximum atomic E-state index is 14.0. The van der Waals surface area contributed by atoms with E-state index < -0.39 is 11.8 Å². The third kappa shape index (κ3) is 5.09. The van der Waals surface area contributed by atoms with Gasteiger partial charge in [0, 0.05) is 23.6 Å². The summed E-state index contributed by atoms with van der Waals surface area (Å²) < 4.78 is 20.3. The molecule has 150 valence electrons. The number of aryl methyl sites for hydroxylation is 2. The van der Waals surface area contributed by atoms with E-state index in [4.69, 9.17) is 11.6 Å². The van der Waals surface area contributed by atoms with E-state index in [1.807, 2.05) is 31.2 Å². The largest absolute Gasteiger partial charge is 0.465 e. The predicted octanol–water partition coefficient (Wildman–Crippen LogP) is 4.50. The van der Waals surface area contributed by atoms with Crippen LogP contribution in [0.4, 0.5) is 4.39 Å². The van der Waals surface area contributed by atoms with Crippen molar-refractivity contribution in [3.05, 3.63) is 81.9 Å². The van der Waals surface area contributed by atoms with E-state index in [0.717, 1.165) is 17.1 Å². The number of rotatable bonds is 7. The summed E-state index contributed by atoms with van der Waals surface area (Å²) in [7, 11) is 1.19. The predicted molar refractivity (Wildman–Crippen MR) is 108 cm³/mol. The lowest BCUT2D eigenvalue weighted by Gasteiger charge is -2.08. The van der Waals surface area contributed by atoms with Crippen LogP contribution in [-0.2, 0) is 22.4 Å². The Morgan fingerprint density at radius 1 is 1.17 bits per heavy atom. The Bertz CT molecular complexity index is 1060. The highest BCUT2D eigenvalue weighted by atomic mass is 35.5. The summed E-state index contributed by atoms with van der Waals surface area (Å²) in [6, 6.07) is 13.4. The van der Waals surface area contributed by atoms with E-state index in [1.54, 1.807) is 16.8 Å². The highest BCUT2D eigenvalue weighted by molar-refractivity contribution is 6.30. The van der Waals surface area contributed by atoms with Gasteiger partial charge in [-0.3, -0.25) is 4.79 Å². The van der Waals surface area contributed by atoms with Crippen LogP contribution in [0.2, 0.25) is 5.02 Å². The van der Waals surface area contributed by atoms with Crippen LogP contribution in [0.5, 0.6) is 0 Å². The van der Waals surface area contributed by atoms with Gasteiger partial charge >= 0.3 is 5.97 Å². The maximum Gasteiger partial charge on any atom is 0.340 e. The molecule has 1 aromatic heterocycles. The molecule has 1 heterocycles. The number of carbonyl (C=O) groups is 2. The van der Waals surface area contributed by atoms with Crippen molar-refractivity contribution in [1.29, 1.82) is 0 Å². The number of Topliss-reactive ketones (excluding diaryl/α,β-unsaturated/α-hetero) is 1. The van der Waals surface area contributed by atoms with Crippen molar-refractivity contribution in [1.82, 2.24) is 9.78 Å². The molecule has 0 atom stereocenters. The van der Waals surface area contributed by atoms with Crippen LogP contribution in [0, 0.1) is 12.7 Å². The van der Waals surface area contributed by atoms with E-state index in [-0.39, 0.29) is 24.2 Å². The number of nitrogens with zero attached hydrogens (tertiary/aromatic N) is 2. The molecule has 3 rings (SSSR count). The summed E-state index contributed by atoms with van der Waals surface area (Å²) in [5.41, 5.74) is 2.93. The van der Waals surface area contributed by atoms with Crippen molar-refractivity contribution in [2.24, 2.45) is 0 Å². The first-order valence-corrected chi connectivity index (χ1v) is 9.45. The second kappa shape index (κ2) is 9.01. The minimum absolute atomic E-state index is 0.0354. The van der Waals surface area contributed by atoms with Crippen molar-refractivity contribution >= 4 is 23.4 Å². The molecule has 3 aromatic rings. The van der Waals surface area contributed by atoms with E-state index in [0.29, 0.717) is 17.0 Å². The number of ether oxygens (including phenoxy) is 1. The van der Waals surface area contributed by atoms with Gasteiger partial charge in [0.05, 0.1) is 24.1 Å². The second-order valence-corrected chi connectivity index (χ2v) is 7.13. The van der Waals surface area contributed by atoms with Crippen LogP contribution in [0.3, 0.4) is 0 Å². The van der Waals surface area contributed by atoms with Crippen molar-refractivity contribution in [2.45, 2.75) is 26.2 Å². The Morgan fingerprint density at radius 3 is 2.66 bits per heavy atom. The molecule has 0 amide bonds. The zero-order valence-electron chi connectivity index (χ0n) is 16.1. The van der Waals surface area contributed by atoms with Crippen LogP contribution in [0.25, 0.3) is 5.69 Å². The molecule has 0 bridgehead atoms. The monoisotopic (exact) mass is 414 g/mol. The molecule has 0 radical (unpaired) electrons. The Balaban J connectivity index is 1.67. The maximum absolute atomic E-state index is 14.0. The molecule has 0 saturated heterocycles. The molecule has 0 N–H and O–H groups in total. The van der Waals surface area contributed by atoms with Gasteiger partial charge in [-0.25, -0.2) is 13.9 Å². The summed E-state index contributed by atoms with van der Waals surface area (Å²) in [6.07, 6.45) is 0.865. The average Bonchev–Trinajstić information content (AvgIpc) is 3.06. The molecule has 0 unspecified atom stereocenters. The van der Waals surface area contributed by atoms with Crippen molar-refractivity contribution in [3.8, 4) is 5.69 Å². The number of methoxy groups -OCH3 is 1. The Kier molecular flexibility index (Phi) is 6.44. The summed E-state index contributed by atoms with van der Waals surface area (Å²) in [5.74, 6) is -1.48. The molecule has 0 aliphatic carbocycles. The molecule has 2 aromatic carbocycles. The van der Waals surface area contributed by atoms with Crippen LogP contribution < -0.4 is 0 Å². The molecule has 0 aliphatic heterocycles. The standard InChI is InChI=1S/C22H20ClFN2O3/c1-14-10-18(26(25-14)17-5-3-4-16(23)13-17)7-8-19(27)11-15-6-9-20(21(24)12-15)22(28)29-2/h3-6,9-10,12-13H,7-8,11H2,1-2H3. The fourth-order valence-corrected chi connectivity index (χ4v) is 3.27. The molecule has 7 heteroatoms. The molecular weight excluding hydrogens is 395 g/mol. The van der Waals surface area contributed by atoms with Gasteiger partial charge in [-0.05, 0) is 55.3 Å². The fraction of sp³-hybridized carbons (Fsp3) is 0.227. The Morgan fingerprint density at radius 2 is 1.97 bits per heavy atom. The first kappa shape index (κ1) is 20.7. The van der Waals surface area contributed by atoms with Crippen LogP contribution in [-0.4, -0.2) is 28.6 Å². The fourth-order valence-electron chi connectivity index (χ4n) is 3.09. The molecule has 29 heavy (non-hydrogen) atoms. The van der Waals surface area contributed by atoms with Gasteiger partial charge in [0.1, 0.15) is 11.6 Å². The minimum Gasteiger partial charge on any atom is -0.465 e. The van der Waals surface area contributed by atoms with Gasteiger partial charge < -0.3 is 4.74 Å². The lowest BCUT2D eigenvalue weighted by Crippen LogP contribution is -2.09. The lowest BCUT2D eigenvalue weighted by molar-refractivity contribution is -0.118. The SMILES string of the molecule is COC(=O)c1ccc(CC(=O)CCc2cc(C)nn2-c2cccc(Cl)c2)cc1F. The van der Waals surface area contributed by atoms with Crippen LogP contribution in [0.1, 0.15) is 33.7 Å². The minimum atomic E-state index is -0.745. The number of benzene rings is 2. The number of ketones is 1. The Hall–Kier alpha value is -2.99. The number of aromatic nitrogens is 2. The van der Waals surface area contributed by atoms with E-state index in [9.17, 15) is 14.0 Å². The van der Waals surface area contributed by atoms with Crippen molar-refractivity contribution < 1.29 is 18.7 Å². The average molecular weight is 415 g/mol. The summed E-state index contributed by atoms with van der Waals surface area (Å²) in [4.78, 5) is 23.9. The molecule has 0 aliphatic rings. The number of hydrogen-bond donors (Lipinski definition) is 0. The summed E-state index contributed by atoms with van der Waals surface area (Å²) in [6.45, 7) is 1.89. The number of carbonyl (C=O) groups excluding carboxylic acids is 2. The number of halogens is 2. The second-order valence-electron chi connectivity index (χ2n) is 6.69.